The predicted molar refractivity (Wildman–Crippen MR) is 160 cm³/mol. The quantitative estimate of drug-likeness (QED) is 0.144. The number of hydroxylamine groups is 1. The zero-order valence-electron chi connectivity index (χ0n) is 26.1. The minimum Gasteiger partial charge on any atom is -0.489 e. The molecule has 4 N–H and O–H groups in total. The molecule has 0 radical (unpaired) electrons. The lowest BCUT2D eigenvalue weighted by molar-refractivity contribution is -0.193. The van der Waals surface area contributed by atoms with E-state index >= 15 is 0 Å². The number of carboxylic acid groups (broad SMARTS) is 2. The molecule has 12 nitrogen and oxygen atoms in total. The number of nitrogens with zero attached hydrogens (tertiary/aromatic N) is 2. The van der Waals surface area contributed by atoms with E-state index in [0.29, 0.717) is 25.4 Å². The first-order valence-electron chi connectivity index (χ1n) is 14.2. The maximum atomic E-state index is 13.1. The molecule has 0 spiro atoms. The SMILES string of the molecule is Cc1cc(COc2ccc(S(=O)(=O)C[C@@H]3CN(C(C)C)C[C@@H]3C(=O)NO)cc2)c2ccccc2n1.O=C(O)C(F)(F)F.O=C(O)C(F)(F)F. The predicted octanol–water partition coefficient (Wildman–Crippen LogP) is 4.62. The first kappa shape index (κ1) is 40.7. The molecule has 49 heavy (non-hydrogen) atoms. The molecule has 3 aromatic rings. The van der Waals surface area contributed by atoms with Gasteiger partial charge in [0.2, 0.25) is 5.91 Å². The number of hydrogen-bond acceptors (Lipinski definition) is 9. The highest BCUT2D eigenvalue weighted by molar-refractivity contribution is 7.91. The molecule has 0 bridgehead atoms. The standard InChI is InChI=1S/C26H31N3O5S.2C2HF3O2/c1-17(2)29-13-20(24(14-29)26(30)28-31)16-35(32,33)22-10-8-21(9-11-22)34-15-19-12-18(3)27-25-7-5-4-6-23(19)25;2*3-2(4,5)1(6)7/h4-12,17,20,24,31H,13-16H2,1-3H3,(H,28,30);2*(H,6,7)/t20-,24-;;/m0../s1. The number of fused-ring (bicyclic) bond motifs is 1. The van der Waals surface area contributed by atoms with E-state index in [1.165, 1.54) is 12.1 Å². The highest BCUT2D eigenvalue weighted by Gasteiger charge is 2.41. The van der Waals surface area contributed by atoms with Crippen molar-refractivity contribution < 1.29 is 69.3 Å². The van der Waals surface area contributed by atoms with Gasteiger partial charge in [0.15, 0.2) is 9.84 Å². The number of pyridine rings is 1. The third-order valence-electron chi connectivity index (χ3n) is 7.07. The molecule has 2 heterocycles. The average Bonchev–Trinajstić information content (AvgIpc) is 3.42. The maximum absolute atomic E-state index is 13.1. The first-order valence-corrected chi connectivity index (χ1v) is 15.8. The molecular weight excluding hydrogens is 692 g/mol. The largest absolute Gasteiger partial charge is 0.490 e. The topological polar surface area (TPSA) is 183 Å². The van der Waals surface area contributed by atoms with Crippen molar-refractivity contribution in [1.29, 1.82) is 0 Å². The summed E-state index contributed by atoms with van der Waals surface area (Å²) in [5.74, 6) is -6.66. The molecule has 0 saturated carbocycles. The van der Waals surface area contributed by atoms with Crippen LogP contribution in [0.4, 0.5) is 26.3 Å². The van der Waals surface area contributed by atoms with Crippen LogP contribution in [0.25, 0.3) is 10.9 Å². The number of benzene rings is 2. The lowest BCUT2D eigenvalue weighted by atomic mass is 9.97. The summed E-state index contributed by atoms with van der Waals surface area (Å²) in [6.45, 7) is 7.17. The summed E-state index contributed by atoms with van der Waals surface area (Å²) < 4.78 is 95.7. The fraction of sp³-hybridized carbons (Fsp3) is 0.400. The number of aromatic nitrogens is 1. The Balaban J connectivity index is 0.000000500. The summed E-state index contributed by atoms with van der Waals surface area (Å²) in [4.78, 5) is 36.7. The number of sulfone groups is 1. The Morgan fingerprint density at radius 2 is 1.49 bits per heavy atom. The Kier molecular flexibility index (Phi) is 13.9. The molecule has 1 amide bonds. The van der Waals surface area contributed by atoms with E-state index in [1.807, 2.05) is 51.1 Å². The zero-order valence-corrected chi connectivity index (χ0v) is 26.9. The van der Waals surface area contributed by atoms with Crippen LogP contribution in [0.2, 0.25) is 0 Å². The van der Waals surface area contributed by atoms with Crippen LogP contribution in [0.5, 0.6) is 5.75 Å². The average molecular weight is 726 g/mol. The van der Waals surface area contributed by atoms with Crippen molar-refractivity contribution in [3.8, 4) is 5.75 Å². The maximum Gasteiger partial charge on any atom is 0.490 e. The van der Waals surface area contributed by atoms with Gasteiger partial charge >= 0.3 is 24.3 Å². The van der Waals surface area contributed by atoms with Gasteiger partial charge in [0, 0.05) is 35.8 Å². The van der Waals surface area contributed by atoms with Crippen molar-refractivity contribution in [3.05, 3.63) is 65.9 Å². The number of para-hydroxylation sites is 1. The lowest BCUT2D eigenvalue weighted by Crippen LogP contribution is -2.35. The van der Waals surface area contributed by atoms with Gasteiger partial charge in [0.25, 0.3) is 0 Å². The molecule has 2 atom stereocenters. The van der Waals surface area contributed by atoms with Crippen LogP contribution in [0, 0.1) is 18.8 Å². The highest BCUT2D eigenvalue weighted by atomic mass is 32.2. The van der Waals surface area contributed by atoms with E-state index in [0.717, 1.165) is 22.2 Å². The van der Waals surface area contributed by atoms with E-state index in [-0.39, 0.29) is 16.7 Å². The van der Waals surface area contributed by atoms with Crippen LogP contribution < -0.4 is 10.2 Å². The Hall–Kier alpha value is -4.49. The summed E-state index contributed by atoms with van der Waals surface area (Å²) >= 11 is 0. The molecule has 0 aliphatic carbocycles. The van der Waals surface area contributed by atoms with E-state index in [2.05, 4.69) is 9.88 Å². The molecule has 4 rings (SSSR count). The molecule has 0 unspecified atom stereocenters. The number of carbonyl (C=O) groups excluding carboxylic acids is 1. The van der Waals surface area contributed by atoms with Crippen LogP contribution in [-0.2, 0) is 30.8 Å². The van der Waals surface area contributed by atoms with E-state index in [4.69, 9.17) is 29.7 Å². The van der Waals surface area contributed by atoms with Gasteiger partial charge < -0.3 is 14.9 Å². The molecule has 19 heteroatoms. The van der Waals surface area contributed by atoms with Gasteiger partial charge in [-0.05, 0) is 63.1 Å². The number of rotatable bonds is 8. The van der Waals surface area contributed by atoms with Crippen LogP contribution >= 0.6 is 0 Å². The number of carbonyl (C=O) groups is 3. The molecule has 2 aromatic carbocycles. The summed E-state index contributed by atoms with van der Waals surface area (Å²) in [5.41, 5.74) is 4.51. The number of hydrogen-bond donors (Lipinski definition) is 4. The smallest absolute Gasteiger partial charge is 0.489 e. The lowest BCUT2D eigenvalue weighted by Gasteiger charge is -2.20. The molecule has 270 valence electrons. The summed E-state index contributed by atoms with van der Waals surface area (Å²) in [5, 5.41) is 24.4. The van der Waals surface area contributed by atoms with Crippen molar-refractivity contribution >= 4 is 38.6 Å². The molecular formula is C30H33F6N3O9S. The van der Waals surface area contributed by atoms with E-state index in [1.54, 1.807) is 17.6 Å². The Morgan fingerprint density at radius 3 is 1.98 bits per heavy atom. The van der Waals surface area contributed by atoms with Gasteiger partial charge in [0.1, 0.15) is 12.4 Å². The van der Waals surface area contributed by atoms with Crippen LogP contribution in [0.1, 0.15) is 25.1 Å². The number of amides is 1. The van der Waals surface area contributed by atoms with Crippen molar-refractivity contribution in [2.75, 3.05) is 18.8 Å². The molecule has 1 fully saturated rings. The molecule has 1 aliphatic heterocycles. The Bertz CT molecular complexity index is 1690. The number of alkyl halides is 6. The van der Waals surface area contributed by atoms with Gasteiger partial charge in [-0.2, -0.15) is 26.3 Å². The van der Waals surface area contributed by atoms with Gasteiger partial charge in [-0.3, -0.25) is 19.9 Å². The number of ether oxygens (including phenoxy) is 1. The second-order valence-electron chi connectivity index (χ2n) is 11.0. The number of aryl methyl sites for hydroxylation is 1. The molecule has 1 aliphatic rings. The van der Waals surface area contributed by atoms with Crippen molar-refractivity contribution in [2.45, 2.75) is 50.7 Å². The second-order valence-corrected chi connectivity index (χ2v) is 13.0. The molecule has 1 saturated heterocycles. The number of nitrogens with one attached hydrogen (secondary N) is 1. The third kappa shape index (κ3) is 12.2. The van der Waals surface area contributed by atoms with Gasteiger partial charge in [-0.1, -0.05) is 18.2 Å². The highest BCUT2D eigenvalue weighted by Crippen LogP contribution is 2.29. The first-order chi connectivity index (χ1) is 22.6. The molecule has 1 aromatic heterocycles. The van der Waals surface area contributed by atoms with Gasteiger partial charge in [-0.25, -0.2) is 23.5 Å². The van der Waals surface area contributed by atoms with Crippen LogP contribution in [0.3, 0.4) is 0 Å². The van der Waals surface area contributed by atoms with E-state index < -0.39 is 51.9 Å². The van der Waals surface area contributed by atoms with Crippen molar-refractivity contribution in [2.24, 2.45) is 11.8 Å². The second kappa shape index (κ2) is 16.8. The minimum atomic E-state index is -5.08. The summed E-state index contributed by atoms with van der Waals surface area (Å²) in [6, 6.07) is 16.4. The summed E-state index contributed by atoms with van der Waals surface area (Å²) in [7, 11) is -3.64. The van der Waals surface area contributed by atoms with Gasteiger partial charge in [-0.15, -0.1) is 0 Å². The van der Waals surface area contributed by atoms with Gasteiger partial charge in [0.05, 0.1) is 22.1 Å². The summed E-state index contributed by atoms with van der Waals surface area (Å²) in [6.07, 6.45) is -10.2. The minimum absolute atomic E-state index is 0.170. The number of aliphatic carboxylic acids is 2. The van der Waals surface area contributed by atoms with Crippen LogP contribution in [0.15, 0.2) is 59.5 Å². The Labute approximate surface area is 276 Å². The van der Waals surface area contributed by atoms with E-state index in [9.17, 15) is 39.6 Å². The monoisotopic (exact) mass is 725 g/mol. The fourth-order valence-corrected chi connectivity index (χ4v) is 6.32. The number of halogens is 6. The van der Waals surface area contributed by atoms with Crippen molar-refractivity contribution in [1.82, 2.24) is 15.4 Å². The fourth-order valence-electron chi connectivity index (χ4n) is 4.67. The number of carboxylic acids is 2. The normalized spacial score (nSPS) is 16.6. The Morgan fingerprint density at radius 1 is 0.959 bits per heavy atom. The third-order valence-corrected chi connectivity index (χ3v) is 8.93. The van der Waals surface area contributed by atoms with Crippen LogP contribution in [-0.4, -0.2) is 88.8 Å². The zero-order chi connectivity index (χ0) is 37.3. The number of likely N-dealkylation sites (tertiary alicyclic amines) is 1. The van der Waals surface area contributed by atoms with Crippen molar-refractivity contribution in [3.63, 3.8) is 0 Å².